The van der Waals surface area contributed by atoms with E-state index < -0.39 is 11.3 Å². The molecule has 0 amide bonds. The smallest absolute Gasteiger partial charge is 0.200 e. The number of nitrogen functional groups attached to an aromatic ring is 1. The van der Waals surface area contributed by atoms with E-state index >= 15 is 0 Å². The molecule has 1 aromatic heterocycles. The van der Waals surface area contributed by atoms with Crippen LogP contribution in [-0.2, 0) is 31.3 Å². The van der Waals surface area contributed by atoms with Crippen molar-refractivity contribution in [3.63, 3.8) is 0 Å². The number of rotatable bonds is 9. The summed E-state index contributed by atoms with van der Waals surface area (Å²) in [5.41, 5.74) is 12.2. The first kappa shape index (κ1) is 23.7. The molecule has 0 saturated carbocycles. The molecule has 3 N–H and O–H groups in total. The third kappa shape index (κ3) is 5.72. The van der Waals surface area contributed by atoms with Crippen LogP contribution in [0.3, 0.4) is 0 Å². The number of imidazole rings is 1. The summed E-state index contributed by atoms with van der Waals surface area (Å²) < 4.78 is 31.2. The zero-order valence-electron chi connectivity index (χ0n) is 19.1. The van der Waals surface area contributed by atoms with Crippen molar-refractivity contribution in [3.8, 4) is 16.9 Å². The maximum absolute atomic E-state index is 10.8. The van der Waals surface area contributed by atoms with Gasteiger partial charge in [-0.2, -0.15) is 0 Å². The lowest BCUT2D eigenvalue weighted by Crippen LogP contribution is -2.15. The van der Waals surface area contributed by atoms with Crippen molar-refractivity contribution in [2.24, 2.45) is 7.05 Å². The monoisotopic (exact) mass is 475 g/mol. The molecule has 0 bridgehead atoms. The molecule has 0 aliphatic carbocycles. The Bertz CT molecular complexity index is 1270. The van der Waals surface area contributed by atoms with Crippen LogP contribution in [0.25, 0.3) is 11.1 Å². The molecule has 0 saturated heterocycles. The van der Waals surface area contributed by atoms with Gasteiger partial charge in [-0.25, -0.2) is 9.71 Å². The fourth-order valence-electron chi connectivity index (χ4n) is 4.02. The molecule has 2 unspecified atom stereocenters. The Kier molecular flexibility index (Phi) is 7.42. The molecule has 7 nitrogen and oxygen atoms in total. The summed E-state index contributed by atoms with van der Waals surface area (Å²) in [7, 11) is 3.55. The van der Waals surface area contributed by atoms with Crippen molar-refractivity contribution >= 4 is 17.2 Å². The van der Waals surface area contributed by atoms with E-state index in [4.69, 9.17) is 10.5 Å². The number of anilines is 1. The van der Waals surface area contributed by atoms with Gasteiger partial charge >= 0.3 is 0 Å². The zero-order valence-corrected chi connectivity index (χ0v) is 19.9. The number of ether oxygens (including phenoxy) is 1. The van der Waals surface area contributed by atoms with Crippen molar-refractivity contribution < 1.29 is 13.5 Å². The van der Waals surface area contributed by atoms with Crippen LogP contribution in [0.5, 0.6) is 5.75 Å². The van der Waals surface area contributed by atoms with Gasteiger partial charge in [0.05, 0.1) is 12.8 Å². The van der Waals surface area contributed by atoms with E-state index in [1.54, 1.807) is 7.11 Å². The first-order chi connectivity index (χ1) is 16.4. The molecule has 1 heterocycles. The summed E-state index contributed by atoms with van der Waals surface area (Å²) in [5, 5.41) is 0. The van der Waals surface area contributed by atoms with E-state index in [0.717, 1.165) is 45.7 Å². The lowest BCUT2D eigenvalue weighted by Gasteiger charge is -2.17. The maximum Gasteiger partial charge on any atom is 0.200 e. The van der Waals surface area contributed by atoms with Crippen LogP contribution in [0.15, 0.2) is 79.0 Å². The van der Waals surface area contributed by atoms with Crippen LogP contribution in [0.4, 0.5) is 5.95 Å². The third-order valence-corrected chi connectivity index (χ3v) is 6.21. The minimum Gasteiger partial charge on any atom is -0.760 e. The summed E-state index contributed by atoms with van der Waals surface area (Å²) in [5.74, 6) is 1.30. The molecule has 0 fully saturated rings. The number of aryl methyl sites for hydroxylation is 1. The van der Waals surface area contributed by atoms with E-state index in [1.807, 2.05) is 60.3 Å². The van der Waals surface area contributed by atoms with Crippen molar-refractivity contribution in [1.29, 1.82) is 0 Å². The van der Waals surface area contributed by atoms with Crippen LogP contribution in [0.2, 0.25) is 0 Å². The van der Waals surface area contributed by atoms with Crippen molar-refractivity contribution in [2.75, 3.05) is 12.8 Å². The number of aromatic nitrogens is 2. The molecule has 4 rings (SSSR count). The van der Waals surface area contributed by atoms with Crippen molar-refractivity contribution in [1.82, 2.24) is 14.3 Å². The molecule has 0 aliphatic heterocycles. The Balaban J connectivity index is 1.64. The van der Waals surface area contributed by atoms with Gasteiger partial charge in [0.25, 0.3) is 0 Å². The van der Waals surface area contributed by atoms with Gasteiger partial charge < -0.3 is 19.6 Å². The second-order valence-electron chi connectivity index (χ2n) is 8.12. The summed E-state index contributed by atoms with van der Waals surface area (Å²) in [6.45, 7) is 0.254. The van der Waals surface area contributed by atoms with Crippen molar-refractivity contribution in [3.05, 3.63) is 101 Å². The standard InChI is InChI=1S/C26H28N4O3S/c1-30-17-25(29-26(30)27)24(20-9-11-23(33-2)12-10-20)15-18-5-3-7-21(13-18)22-8-4-6-19(14-22)16-28-34(31)32/h3-14,17,24,28H,15-16H2,1-2H3,(H2,27,29)(H,31,32)/p-1. The molecular formula is C26H27N4O3S-. The normalized spacial score (nSPS) is 12.9. The number of benzene rings is 3. The Morgan fingerprint density at radius 1 is 1.06 bits per heavy atom. The molecule has 0 aliphatic rings. The highest BCUT2D eigenvalue weighted by Crippen LogP contribution is 2.31. The first-order valence-corrected chi connectivity index (χ1v) is 11.9. The first-order valence-electron chi connectivity index (χ1n) is 10.9. The van der Waals surface area contributed by atoms with Crippen LogP contribution >= 0.6 is 0 Å². The highest BCUT2D eigenvalue weighted by Gasteiger charge is 2.19. The van der Waals surface area contributed by atoms with E-state index in [9.17, 15) is 8.76 Å². The quantitative estimate of drug-likeness (QED) is 0.357. The van der Waals surface area contributed by atoms with Crippen LogP contribution < -0.4 is 15.2 Å². The van der Waals surface area contributed by atoms with Gasteiger partial charge in [-0.05, 0) is 52.4 Å². The average Bonchev–Trinajstić information content (AvgIpc) is 3.19. The molecule has 0 radical (unpaired) electrons. The fourth-order valence-corrected chi connectivity index (χ4v) is 4.30. The number of nitrogens with one attached hydrogen (secondary N) is 1. The molecular weight excluding hydrogens is 448 g/mol. The maximum atomic E-state index is 10.8. The predicted molar refractivity (Wildman–Crippen MR) is 134 cm³/mol. The molecule has 176 valence electrons. The minimum absolute atomic E-state index is 0.0206. The molecule has 4 aromatic rings. The number of nitrogens with two attached hydrogens (primary N) is 1. The number of nitrogens with zero attached hydrogens (tertiary/aromatic N) is 2. The summed E-state index contributed by atoms with van der Waals surface area (Å²) in [6, 6.07) is 24.3. The summed E-state index contributed by atoms with van der Waals surface area (Å²) in [4.78, 5) is 4.60. The highest BCUT2D eigenvalue weighted by molar-refractivity contribution is 7.77. The molecule has 8 heteroatoms. The second-order valence-corrected chi connectivity index (χ2v) is 8.88. The number of methoxy groups -OCH3 is 1. The average molecular weight is 476 g/mol. The van der Waals surface area contributed by atoms with Gasteiger partial charge in [0, 0.05) is 37.0 Å². The largest absolute Gasteiger partial charge is 0.760 e. The summed E-state index contributed by atoms with van der Waals surface area (Å²) >= 11 is -2.29. The Morgan fingerprint density at radius 2 is 1.71 bits per heavy atom. The van der Waals surface area contributed by atoms with Crippen LogP contribution in [-0.4, -0.2) is 25.4 Å². The lowest BCUT2D eigenvalue weighted by molar-refractivity contribution is 0.414. The number of hydrogen-bond donors (Lipinski definition) is 2. The Labute approximate surface area is 202 Å². The molecule has 0 spiro atoms. The van der Waals surface area contributed by atoms with E-state index in [-0.39, 0.29) is 12.5 Å². The lowest BCUT2D eigenvalue weighted by atomic mass is 9.88. The number of hydrogen-bond acceptors (Lipinski definition) is 5. The zero-order chi connectivity index (χ0) is 24.1. The topological polar surface area (TPSA) is 105 Å². The fraction of sp³-hybridized carbons (Fsp3) is 0.192. The highest BCUT2D eigenvalue weighted by atomic mass is 32.2. The predicted octanol–water partition coefficient (Wildman–Crippen LogP) is 3.94. The van der Waals surface area contributed by atoms with Gasteiger partial charge in [0.1, 0.15) is 5.75 Å². The van der Waals surface area contributed by atoms with Gasteiger partial charge in [-0.15, -0.1) is 0 Å². The van der Waals surface area contributed by atoms with Crippen LogP contribution in [0.1, 0.15) is 28.3 Å². The van der Waals surface area contributed by atoms with Gasteiger partial charge in [-0.1, -0.05) is 54.6 Å². The molecule has 2 atom stereocenters. The Morgan fingerprint density at radius 3 is 2.29 bits per heavy atom. The van der Waals surface area contributed by atoms with Crippen LogP contribution in [0, 0.1) is 0 Å². The van der Waals surface area contributed by atoms with Gasteiger partial charge in [0.2, 0.25) is 0 Å². The Hall–Kier alpha value is -3.46. The SMILES string of the molecule is COc1ccc(C(Cc2cccc(-c3cccc(CNS(=O)[O-])c3)c2)c2cn(C)c(N)n2)cc1. The van der Waals surface area contributed by atoms with E-state index in [2.05, 4.69) is 40.0 Å². The van der Waals surface area contributed by atoms with E-state index in [0.29, 0.717) is 5.95 Å². The van der Waals surface area contributed by atoms with Gasteiger partial charge in [0.15, 0.2) is 5.95 Å². The van der Waals surface area contributed by atoms with Gasteiger partial charge in [-0.3, -0.25) is 4.21 Å². The second kappa shape index (κ2) is 10.6. The third-order valence-electron chi connectivity index (χ3n) is 5.83. The summed E-state index contributed by atoms with van der Waals surface area (Å²) in [6.07, 6.45) is 2.72. The van der Waals surface area contributed by atoms with Crippen molar-refractivity contribution in [2.45, 2.75) is 18.9 Å². The molecule has 34 heavy (non-hydrogen) atoms. The minimum atomic E-state index is -2.29. The molecule has 3 aromatic carbocycles. The van der Waals surface area contributed by atoms with E-state index in [1.165, 1.54) is 0 Å².